The summed E-state index contributed by atoms with van der Waals surface area (Å²) in [7, 11) is 0. The maximum Gasteiger partial charge on any atom is 0.236 e. The van der Waals surface area contributed by atoms with Gasteiger partial charge in [0.1, 0.15) is 0 Å². The highest BCUT2D eigenvalue weighted by Gasteiger charge is 1.94. The fourth-order valence-electron chi connectivity index (χ4n) is 0.510. The summed E-state index contributed by atoms with van der Waals surface area (Å²) >= 11 is 9.55. The Kier molecular flexibility index (Phi) is 7.47. The summed E-state index contributed by atoms with van der Waals surface area (Å²) in [5.41, 5.74) is 0. The lowest BCUT2D eigenvalue weighted by Crippen LogP contribution is -1.81. The van der Waals surface area contributed by atoms with Gasteiger partial charge in [0.25, 0.3) is 0 Å². The fraction of sp³-hybridized carbons (Fsp3) is 0.833. The SMILES string of the molecule is C1CCOC1.O=C(Cl)CCl. The van der Waals surface area contributed by atoms with E-state index in [0.717, 1.165) is 13.2 Å². The highest BCUT2D eigenvalue weighted by molar-refractivity contribution is 6.67. The first-order chi connectivity index (χ1) is 4.77. The summed E-state index contributed by atoms with van der Waals surface area (Å²) in [4.78, 5) is 9.45. The zero-order chi connectivity index (χ0) is 7.82. The molecule has 1 heterocycles. The third-order valence-corrected chi connectivity index (χ3v) is 1.45. The zero-order valence-electron chi connectivity index (χ0n) is 5.61. The Morgan fingerprint density at radius 1 is 1.40 bits per heavy atom. The van der Waals surface area contributed by atoms with E-state index in [4.69, 9.17) is 27.9 Å². The van der Waals surface area contributed by atoms with Crippen molar-refractivity contribution in [1.82, 2.24) is 0 Å². The van der Waals surface area contributed by atoms with E-state index in [1.54, 1.807) is 0 Å². The van der Waals surface area contributed by atoms with E-state index in [1.807, 2.05) is 0 Å². The third kappa shape index (κ3) is 8.21. The molecule has 0 amide bonds. The van der Waals surface area contributed by atoms with E-state index in [2.05, 4.69) is 0 Å². The Hall–Kier alpha value is 0.210. The van der Waals surface area contributed by atoms with Crippen LogP contribution in [-0.4, -0.2) is 24.3 Å². The molecule has 1 rings (SSSR count). The number of ether oxygens (including phenoxy) is 1. The molecule has 10 heavy (non-hydrogen) atoms. The van der Waals surface area contributed by atoms with Gasteiger partial charge in [0.2, 0.25) is 5.24 Å². The van der Waals surface area contributed by atoms with Crippen LogP contribution in [0, 0.1) is 0 Å². The van der Waals surface area contributed by atoms with E-state index >= 15 is 0 Å². The summed E-state index contributed by atoms with van der Waals surface area (Å²) in [6, 6.07) is 0. The second kappa shape index (κ2) is 7.32. The molecule has 0 unspecified atom stereocenters. The van der Waals surface area contributed by atoms with E-state index in [-0.39, 0.29) is 5.88 Å². The van der Waals surface area contributed by atoms with Crippen LogP contribution in [0.15, 0.2) is 0 Å². The van der Waals surface area contributed by atoms with Crippen LogP contribution in [0.1, 0.15) is 12.8 Å². The van der Waals surface area contributed by atoms with Crippen LogP contribution in [-0.2, 0) is 9.53 Å². The van der Waals surface area contributed by atoms with Crippen molar-refractivity contribution >= 4 is 28.4 Å². The highest BCUT2D eigenvalue weighted by Crippen LogP contribution is 1.98. The Labute approximate surface area is 70.4 Å². The number of hydrogen-bond acceptors (Lipinski definition) is 2. The lowest BCUT2D eigenvalue weighted by atomic mass is 10.4. The maximum absolute atomic E-state index is 9.45. The van der Waals surface area contributed by atoms with Crippen molar-refractivity contribution in [2.75, 3.05) is 19.1 Å². The van der Waals surface area contributed by atoms with Crippen molar-refractivity contribution in [3.8, 4) is 0 Å². The molecular formula is C6H10Cl2O2. The molecule has 0 aromatic heterocycles. The van der Waals surface area contributed by atoms with Gasteiger partial charge in [-0.3, -0.25) is 4.79 Å². The molecule has 0 saturated carbocycles. The molecule has 1 saturated heterocycles. The van der Waals surface area contributed by atoms with Gasteiger partial charge in [0.15, 0.2) is 0 Å². The number of carbonyl (C=O) groups is 1. The maximum atomic E-state index is 9.45. The molecule has 0 spiro atoms. The van der Waals surface area contributed by atoms with Gasteiger partial charge in [0.05, 0.1) is 5.88 Å². The summed E-state index contributed by atoms with van der Waals surface area (Å²) in [5, 5.41) is -0.508. The second-order valence-corrected chi connectivity index (χ2v) is 2.50. The van der Waals surface area contributed by atoms with Crippen molar-refractivity contribution in [3.63, 3.8) is 0 Å². The van der Waals surface area contributed by atoms with Gasteiger partial charge in [-0.1, -0.05) is 0 Å². The Morgan fingerprint density at radius 3 is 1.90 bits per heavy atom. The summed E-state index contributed by atoms with van der Waals surface area (Å²) in [6.45, 7) is 2.00. The van der Waals surface area contributed by atoms with Crippen molar-refractivity contribution in [1.29, 1.82) is 0 Å². The second-order valence-electron chi connectivity index (χ2n) is 1.81. The monoisotopic (exact) mass is 184 g/mol. The molecule has 0 bridgehead atoms. The Bertz CT molecular complexity index is 84.1. The first kappa shape index (κ1) is 10.2. The van der Waals surface area contributed by atoms with Crippen LogP contribution in [0.3, 0.4) is 0 Å². The summed E-state index contributed by atoms with van der Waals surface area (Å²) in [6.07, 6.45) is 2.56. The van der Waals surface area contributed by atoms with E-state index in [1.165, 1.54) is 12.8 Å². The van der Waals surface area contributed by atoms with Crippen molar-refractivity contribution in [3.05, 3.63) is 0 Å². The van der Waals surface area contributed by atoms with Crippen LogP contribution in [0.5, 0.6) is 0 Å². The topological polar surface area (TPSA) is 26.3 Å². The predicted molar refractivity (Wildman–Crippen MR) is 41.6 cm³/mol. The number of halogens is 2. The van der Waals surface area contributed by atoms with Gasteiger partial charge in [-0.2, -0.15) is 0 Å². The zero-order valence-corrected chi connectivity index (χ0v) is 7.12. The minimum Gasteiger partial charge on any atom is -0.381 e. The van der Waals surface area contributed by atoms with Gasteiger partial charge in [0, 0.05) is 13.2 Å². The fourth-order valence-corrected chi connectivity index (χ4v) is 0.510. The van der Waals surface area contributed by atoms with E-state index in [0.29, 0.717) is 0 Å². The molecule has 0 aromatic rings. The summed E-state index contributed by atoms with van der Waals surface area (Å²) < 4.78 is 4.94. The summed E-state index contributed by atoms with van der Waals surface area (Å²) in [5.74, 6) is -0.0957. The highest BCUT2D eigenvalue weighted by atomic mass is 35.5. The minimum absolute atomic E-state index is 0.0957. The average molecular weight is 185 g/mol. The van der Waals surface area contributed by atoms with Gasteiger partial charge in [-0.15, -0.1) is 11.6 Å². The van der Waals surface area contributed by atoms with Gasteiger partial charge in [-0.25, -0.2) is 0 Å². The minimum atomic E-state index is -0.508. The van der Waals surface area contributed by atoms with Crippen molar-refractivity contribution in [2.45, 2.75) is 12.8 Å². The van der Waals surface area contributed by atoms with E-state index in [9.17, 15) is 4.79 Å². The van der Waals surface area contributed by atoms with Gasteiger partial charge < -0.3 is 4.74 Å². The molecular weight excluding hydrogens is 175 g/mol. The van der Waals surface area contributed by atoms with E-state index < -0.39 is 5.24 Å². The van der Waals surface area contributed by atoms with Crippen LogP contribution in [0.25, 0.3) is 0 Å². The molecule has 0 radical (unpaired) electrons. The molecule has 0 aliphatic carbocycles. The standard InChI is InChI=1S/C4H8O.C2H2Cl2O/c1-2-4-5-3-1;3-1-2(4)5/h1-4H2;1H2. The lowest BCUT2D eigenvalue weighted by molar-refractivity contribution is -0.109. The Balaban J connectivity index is 0.000000162. The quantitative estimate of drug-likeness (QED) is 0.459. The van der Waals surface area contributed by atoms with Crippen molar-refractivity contribution < 1.29 is 9.53 Å². The molecule has 1 aliphatic rings. The van der Waals surface area contributed by atoms with Crippen LogP contribution in [0.4, 0.5) is 0 Å². The first-order valence-corrected chi connectivity index (χ1v) is 4.00. The largest absolute Gasteiger partial charge is 0.381 e. The average Bonchev–Trinajstić information content (AvgIpc) is 2.43. The third-order valence-electron chi connectivity index (χ3n) is 0.932. The molecule has 1 fully saturated rings. The molecule has 4 heteroatoms. The van der Waals surface area contributed by atoms with Gasteiger partial charge in [-0.05, 0) is 24.4 Å². The smallest absolute Gasteiger partial charge is 0.236 e. The Morgan fingerprint density at radius 2 is 1.80 bits per heavy atom. The molecule has 0 N–H and O–H groups in total. The first-order valence-electron chi connectivity index (χ1n) is 3.09. The molecule has 2 nitrogen and oxygen atoms in total. The van der Waals surface area contributed by atoms with Gasteiger partial charge >= 0.3 is 0 Å². The molecule has 60 valence electrons. The number of hydrogen-bond donors (Lipinski definition) is 0. The normalized spacial score (nSPS) is 15.8. The molecule has 0 aromatic carbocycles. The lowest BCUT2D eigenvalue weighted by Gasteiger charge is -1.76. The number of alkyl halides is 1. The number of rotatable bonds is 1. The van der Waals surface area contributed by atoms with Crippen LogP contribution < -0.4 is 0 Å². The van der Waals surface area contributed by atoms with Crippen molar-refractivity contribution in [2.24, 2.45) is 0 Å². The van der Waals surface area contributed by atoms with Crippen LogP contribution in [0.2, 0.25) is 0 Å². The molecule has 0 atom stereocenters. The number of carbonyl (C=O) groups excluding carboxylic acids is 1. The predicted octanol–water partition coefficient (Wildman–Crippen LogP) is 1.79. The van der Waals surface area contributed by atoms with Crippen LogP contribution >= 0.6 is 23.2 Å². The molecule has 1 aliphatic heterocycles.